The molecule has 0 aliphatic rings. The van der Waals surface area contributed by atoms with Crippen LogP contribution in [0.3, 0.4) is 0 Å². The highest BCUT2D eigenvalue weighted by Gasteiger charge is 2.22. The first-order valence-electron chi connectivity index (χ1n) is 7.57. The molecule has 0 aliphatic heterocycles. The van der Waals surface area contributed by atoms with Gasteiger partial charge in [0, 0.05) is 7.05 Å². The Labute approximate surface area is 154 Å². The van der Waals surface area contributed by atoms with Crippen LogP contribution < -0.4 is 4.74 Å². The zero-order valence-corrected chi connectivity index (χ0v) is 15.3. The van der Waals surface area contributed by atoms with E-state index < -0.39 is 6.10 Å². The molecular formula is C17H16ClN3O3S. The first-order chi connectivity index (χ1) is 12.0. The summed E-state index contributed by atoms with van der Waals surface area (Å²) in [7, 11) is 1.66. The highest BCUT2D eigenvalue weighted by Crippen LogP contribution is 2.25. The quantitative estimate of drug-likeness (QED) is 0.652. The predicted molar refractivity (Wildman–Crippen MR) is 95.6 cm³/mol. The smallest absolute Gasteiger partial charge is 0.263 e. The largest absolute Gasteiger partial charge is 0.479 e. The summed E-state index contributed by atoms with van der Waals surface area (Å²) in [4.78, 5) is 19.2. The van der Waals surface area contributed by atoms with E-state index in [2.05, 4.69) is 10.1 Å². The maximum Gasteiger partial charge on any atom is 0.263 e. The molecule has 8 heteroatoms. The fourth-order valence-electron chi connectivity index (χ4n) is 2.20. The lowest BCUT2D eigenvalue weighted by atomic mass is 10.3. The van der Waals surface area contributed by atoms with Gasteiger partial charge in [0.25, 0.3) is 5.91 Å². The topological polar surface area (TPSA) is 68.5 Å². The monoisotopic (exact) mass is 377 g/mol. The predicted octanol–water partition coefficient (Wildman–Crippen LogP) is 3.88. The molecule has 3 aromatic rings. The van der Waals surface area contributed by atoms with Crippen LogP contribution in [-0.4, -0.2) is 34.1 Å². The Morgan fingerprint density at radius 3 is 2.88 bits per heavy atom. The van der Waals surface area contributed by atoms with Gasteiger partial charge in [-0.3, -0.25) is 4.79 Å². The van der Waals surface area contributed by atoms with Crippen LogP contribution in [-0.2, 0) is 11.3 Å². The van der Waals surface area contributed by atoms with Crippen LogP contribution >= 0.6 is 22.9 Å². The summed E-state index contributed by atoms with van der Waals surface area (Å²) >= 11 is 7.58. The first kappa shape index (κ1) is 17.4. The summed E-state index contributed by atoms with van der Waals surface area (Å²) < 4.78 is 10.9. The van der Waals surface area contributed by atoms with Gasteiger partial charge >= 0.3 is 0 Å². The van der Waals surface area contributed by atoms with E-state index in [0.29, 0.717) is 22.5 Å². The van der Waals surface area contributed by atoms with Crippen LogP contribution in [0.5, 0.6) is 5.75 Å². The van der Waals surface area contributed by atoms with Crippen LogP contribution in [0.15, 0.2) is 46.3 Å². The van der Waals surface area contributed by atoms with Gasteiger partial charge in [0.1, 0.15) is 5.75 Å². The van der Waals surface area contributed by atoms with E-state index >= 15 is 0 Å². The molecule has 0 bridgehead atoms. The van der Waals surface area contributed by atoms with Crippen molar-refractivity contribution in [3.8, 4) is 16.5 Å². The fourth-order valence-corrected chi connectivity index (χ4v) is 3.03. The summed E-state index contributed by atoms with van der Waals surface area (Å²) in [6.07, 6.45) is -0.690. The van der Waals surface area contributed by atoms with Crippen LogP contribution in [0, 0.1) is 0 Å². The van der Waals surface area contributed by atoms with Crippen LogP contribution in [0.2, 0.25) is 5.02 Å². The molecule has 0 fully saturated rings. The number of hydrogen-bond acceptors (Lipinski definition) is 6. The Bertz CT molecular complexity index is 850. The molecule has 0 radical (unpaired) electrons. The van der Waals surface area contributed by atoms with Gasteiger partial charge in [0.15, 0.2) is 6.10 Å². The number of benzene rings is 1. The molecule has 130 valence electrons. The van der Waals surface area contributed by atoms with Gasteiger partial charge in [-0.05, 0) is 30.5 Å². The molecule has 0 N–H and O–H groups in total. The number of hydrogen-bond donors (Lipinski definition) is 0. The minimum absolute atomic E-state index is 0.202. The van der Waals surface area contributed by atoms with Gasteiger partial charge in [0.2, 0.25) is 11.7 Å². The molecule has 1 aromatic carbocycles. The Hall–Kier alpha value is -2.38. The number of aromatic nitrogens is 2. The van der Waals surface area contributed by atoms with Gasteiger partial charge in [-0.1, -0.05) is 35.0 Å². The second kappa shape index (κ2) is 7.67. The second-order valence-corrected chi connectivity index (χ2v) is 6.73. The number of rotatable bonds is 6. The van der Waals surface area contributed by atoms with Crippen molar-refractivity contribution < 1.29 is 14.1 Å². The molecule has 0 saturated heterocycles. The lowest BCUT2D eigenvalue weighted by Crippen LogP contribution is -2.37. The van der Waals surface area contributed by atoms with E-state index in [0.717, 1.165) is 4.88 Å². The number of nitrogens with zero attached hydrogens (tertiary/aromatic N) is 3. The van der Waals surface area contributed by atoms with Gasteiger partial charge in [-0.15, -0.1) is 11.3 Å². The van der Waals surface area contributed by atoms with Crippen molar-refractivity contribution in [3.63, 3.8) is 0 Å². The SMILES string of the molecule is C[C@@H](Oc1ccccc1Cl)C(=O)N(C)Cc1nc(-c2cccs2)no1. The Morgan fingerprint density at radius 2 is 2.16 bits per heavy atom. The van der Waals surface area contributed by atoms with Gasteiger partial charge in [0.05, 0.1) is 16.4 Å². The van der Waals surface area contributed by atoms with Crippen molar-refractivity contribution in [3.05, 3.63) is 52.7 Å². The van der Waals surface area contributed by atoms with Gasteiger partial charge < -0.3 is 14.2 Å². The zero-order chi connectivity index (χ0) is 17.8. The fraction of sp³-hybridized carbons (Fsp3) is 0.235. The molecule has 3 rings (SSSR count). The number of halogens is 1. The van der Waals surface area contributed by atoms with E-state index in [1.165, 1.54) is 16.2 Å². The minimum Gasteiger partial charge on any atom is -0.479 e. The van der Waals surface area contributed by atoms with E-state index in [4.69, 9.17) is 20.9 Å². The minimum atomic E-state index is -0.690. The highest BCUT2D eigenvalue weighted by molar-refractivity contribution is 7.13. The van der Waals surface area contributed by atoms with Crippen molar-refractivity contribution in [2.24, 2.45) is 0 Å². The third kappa shape index (κ3) is 4.18. The summed E-state index contributed by atoms with van der Waals surface area (Å²) in [5.74, 6) is 1.14. The molecule has 6 nitrogen and oxygen atoms in total. The number of amides is 1. The number of thiophene rings is 1. The van der Waals surface area contributed by atoms with Crippen molar-refractivity contribution in [2.45, 2.75) is 19.6 Å². The summed E-state index contributed by atoms with van der Waals surface area (Å²) in [5.41, 5.74) is 0. The number of ether oxygens (including phenoxy) is 1. The normalized spacial score (nSPS) is 12.0. The number of para-hydroxylation sites is 1. The van der Waals surface area contributed by atoms with Crippen LogP contribution in [0.1, 0.15) is 12.8 Å². The Morgan fingerprint density at radius 1 is 1.36 bits per heavy atom. The third-order valence-corrected chi connectivity index (χ3v) is 4.62. The summed E-state index contributed by atoms with van der Waals surface area (Å²) in [6.45, 7) is 1.88. The standard InChI is InChI=1S/C17H16ClN3O3S/c1-11(23-13-7-4-3-6-12(13)18)17(22)21(2)10-15-19-16(20-24-15)14-8-5-9-25-14/h3-9,11H,10H2,1-2H3/t11-/m1/s1. The molecule has 25 heavy (non-hydrogen) atoms. The van der Waals surface area contributed by atoms with E-state index in [1.807, 2.05) is 17.5 Å². The summed E-state index contributed by atoms with van der Waals surface area (Å²) in [5, 5.41) is 6.33. The molecule has 1 atom stereocenters. The van der Waals surface area contributed by atoms with E-state index in [-0.39, 0.29) is 12.5 Å². The molecular weight excluding hydrogens is 362 g/mol. The molecule has 0 spiro atoms. The Balaban J connectivity index is 1.61. The average Bonchev–Trinajstić information content (AvgIpc) is 3.27. The van der Waals surface area contributed by atoms with Crippen LogP contribution in [0.4, 0.5) is 0 Å². The highest BCUT2D eigenvalue weighted by atomic mass is 35.5. The number of likely N-dealkylation sites (N-methyl/N-ethyl adjacent to an activating group) is 1. The maximum atomic E-state index is 12.5. The number of carbonyl (C=O) groups is 1. The molecule has 0 aliphatic carbocycles. The molecule has 0 unspecified atom stereocenters. The lowest BCUT2D eigenvalue weighted by Gasteiger charge is -2.21. The van der Waals surface area contributed by atoms with Gasteiger partial charge in [-0.2, -0.15) is 4.98 Å². The molecule has 0 saturated carbocycles. The average molecular weight is 378 g/mol. The third-order valence-electron chi connectivity index (χ3n) is 3.45. The van der Waals surface area contributed by atoms with Gasteiger partial charge in [-0.25, -0.2) is 0 Å². The van der Waals surface area contributed by atoms with Crippen molar-refractivity contribution in [1.82, 2.24) is 15.0 Å². The summed E-state index contributed by atoms with van der Waals surface area (Å²) in [6, 6.07) is 10.9. The molecule has 1 amide bonds. The van der Waals surface area contributed by atoms with E-state index in [9.17, 15) is 4.79 Å². The van der Waals surface area contributed by atoms with Crippen molar-refractivity contribution in [1.29, 1.82) is 0 Å². The van der Waals surface area contributed by atoms with Crippen molar-refractivity contribution in [2.75, 3.05) is 7.05 Å². The Kier molecular flexibility index (Phi) is 5.35. The molecule has 2 aromatic heterocycles. The molecule has 2 heterocycles. The van der Waals surface area contributed by atoms with Crippen LogP contribution in [0.25, 0.3) is 10.7 Å². The zero-order valence-electron chi connectivity index (χ0n) is 13.7. The first-order valence-corrected chi connectivity index (χ1v) is 8.83. The van der Waals surface area contributed by atoms with E-state index in [1.54, 1.807) is 38.2 Å². The second-order valence-electron chi connectivity index (χ2n) is 5.37. The van der Waals surface area contributed by atoms with Crippen molar-refractivity contribution >= 4 is 28.8 Å². The maximum absolute atomic E-state index is 12.5. The number of carbonyl (C=O) groups excluding carboxylic acids is 1. The lowest BCUT2D eigenvalue weighted by molar-refractivity contribution is -0.137.